The Bertz CT molecular complexity index is 443. The molecule has 0 radical (unpaired) electrons. The van der Waals surface area contributed by atoms with Crippen molar-refractivity contribution in [2.75, 3.05) is 30.4 Å². The zero-order valence-electron chi connectivity index (χ0n) is 11.0. The molecule has 1 aliphatic rings. The van der Waals surface area contributed by atoms with Gasteiger partial charge in [-0.3, -0.25) is 0 Å². The van der Waals surface area contributed by atoms with Crippen LogP contribution < -0.4 is 10.2 Å². The first kappa shape index (κ1) is 13.9. The van der Waals surface area contributed by atoms with Gasteiger partial charge in [-0.25, -0.2) is 4.98 Å². The lowest BCUT2D eigenvalue weighted by Crippen LogP contribution is -2.27. The van der Waals surface area contributed by atoms with Crippen molar-refractivity contribution in [2.45, 2.75) is 25.9 Å². The van der Waals surface area contributed by atoms with Crippen molar-refractivity contribution < 1.29 is 13.2 Å². The van der Waals surface area contributed by atoms with Crippen LogP contribution in [0.25, 0.3) is 0 Å². The molecule has 0 aromatic carbocycles. The van der Waals surface area contributed by atoms with Crippen LogP contribution in [-0.4, -0.2) is 30.1 Å². The largest absolute Gasteiger partial charge is 0.433 e. The van der Waals surface area contributed by atoms with Gasteiger partial charge in [0.2, 0.25) is 5.95 Å². The monoisotopic (exact) mass is 274 g/mol. The van der Waals surface area contributed by atoms with Crippen LogP contribution in [-0.2, 0) is 6.18 Å². The molecular weight excluding hydrogens is 257 g/mol. The maximum absolute atomic E-state index is 12.8. The van der Waals surface area contributed by atoms with E-state index in [9.17, 15) is 13.2 Å². The van der Waals surface area contributed by atoms with Gasteiger partial charge < -0.3 is 10.2 Å². The first-order valence-corrected chi connectivity index (χ1v) is 6.33. The summed E-state index contributed by atoms with van der Waals surface area (Å²) in [5.74, 6) is 0.919. The quantitative estimate of drug-likeness (QED) is 0.896. The van der Waals surface area contributed by atoms with Gasteiger partial charge in [0, 0.05) is 26.2 Å². The van der Waals surface area contributed by atoms with E-state index in [0.29, 0.717) is 18.3 Å². The fraction of sp³-hybridized carbons (Fsp3) is 0.667. The Morgan fingerprint density at radius 2 is 2.05 bits per heavy atom. The van der Waals surface area contributed by atoms with Gasteiger partial charge in [0.25, 0.3) is 0 Å². The van der Waals surface area contributed by atoms with E-state index >= 15 is 0 Å². The number of nitrogens with one attached hydrogen (secondary N) is 1. The van der Waals surface area contributed by atoms with Crippen LogP contribution >= 0.6 is 0 Å². The second-order valence-corrected chi connectivity index (χ2v) is 4.66. The van der Waals surface area contributed by atoms with Crippen LogP contribution in [0.15, 0.2) is 6.07 Å². The lowest BCUT2D eigenvalue weighted by molar-refractivity contribution is -0.141. The fourth-order valence-electron chi connectivity index (χ4n) is 1.85. The average Bonchev–Trinajstić information content (AvgIpc) is 3.18. The molecule has 1 fully saturated rings. The molecule has 1 saturated carbocycles. The first-order valence-electron chi connectivity index (χ1n) is 6.33. The van der Waals surface area contributed by atoms with E-state index in [1.165, 1.54) is 7.05 Å². The maximum atomic E-state index is 12.8. The standard InChI is InChI=1S/C12H17F3N4/c1-3-19(7-8-4-5-8)10-6-9(12(13,14)15)17-11(16-2)18-10/h6,8H,3-5,7H2,1-2H3,(H,16,17,18). The van der Waals surface area contributed by atoms with Crippen molar-refractivity contribution in [2.24, 2.45) is 5.92 Å². The third kappa shape index (κ3) is 3.48. The van der Waals surface area contributed by atoms with Crippen LogP contribution in [0.3, 0.4) is 0 Å². The Hall–Kier alpha value is -1.53. The van der Waals surface area contributed by atoms with Crippen LogP contribution in [0.2, 0.25) is 0 Å². The molecule has 0 spiro atoms. The molecule has 2 rings (SSSR count). The summed E-state index contributed by atoms with van der Waals surface area (Å²) >= 11 is 0. The second kappa shape index (κ2) is 5.22. The molecule has 1 aromatic heterocycles. The van der Waals surface area contributed by atoms with Crippen molar-refractivity contribution in [3.05, 3.63) is 11.8 Å². The smallest absolute Gasteiger partial charge is 0.357 e. The van der Waals surface area contributed by atoms with E-state index in [0.717, 1.165) is 25.5 Å². The van der Waals surface area contributed by atoms with Gasteiger partial charge in [-0.1, -0.05) is 0 Å². The number of anilines is 2. The molecule has 0 atom stereocenters. The number of hydrogen-bond donors (Lipinski definition) is 1. The summed E-state index contributed by atoms with van der Waals surface area (Å²) < 4.78 is 38.4. The normalized spacial score (nSPS) is 15.4. The van der Waals surface area contributed by atoms with Crippen molar-refractivity contribution in [1.29, 1.82) is 0 Å². The van der Waals surface area contributed by atoms with E-state index in [2.05, 4.69) is 15.3 Å². The van der Waals surface area contributed by atoms with E-state index in [-0.39, 0.29) is 5.95 Å². The van der Waals surface area contributed by atoms with Gasteiger partial charge in [0.1, 0.15) is 5.82 Å². The van der Waals surface area contributed by atoms with Crippen LogP contribution in [0.4, 0.5) is 24.9 Å². The van der Waals surface area contributed by atoms with Crippen LogP contribution in [0.5, 0.6) is 0 Å². The molecule has 7 heteroatoms. The summed E-state index contributed by atoms with van der Waals surface area (Å²) in [6, 6.07) is 1.02. The molecule has 1 aromatic rings. The topological polar surface area (TPSA) is 41.1 Å². The molecule has 1 N–H and O–H groups in total. The number of nitrogens with zero attached hydrogens (tertiary/aromatic N) is 3. The molecule has 1 heterocycles. The molecule has 4 nitrogen and oxygen atoms in total. The third-order valence-electron chi connectivity index (χ3n) is 3.11. The Morgan fingerprint density at radius 3 is 2.53 bits per heavy atom. The number of halogens is 3. The zero-order valence-corrected chi connectivity index (χ0v) is 11.0. The highest BCUT2D eigenvalue weighted by Crippen LogP contribution is 2.33. The molecule has 19 heavy (non-hydrogen) atoms. The van der Waals surface area contributed by atoms with E-state index < -0.39 is 11.9 Å². The highest BCUT2D eigenvalue weighted by Gasteiger charge is 2.34. The summed E-state index contributed by atoms with van der Waals surface area (Å²) in [4.78, 5) is 9.45. The van der Waals surface area contributed by atoms with Gasteiger partial charge in [-0.2, -0.15) is 18.2 Å². The van der Waals surface area contributed by atoms with Gasteiger partial charge in [0.15, 0.2) is 5.69 Å². The minimum atomic E-state index is -4.46. The SMILES string of the molecule is CCN(CC1CC1)c1cc(C(F)(F)F)nc(NC)n1. The van der Waals surface area contributed by atoms with E-state index in [4.69, 9.17) is 0 Å². The second-order valence-electron chi connectivity index (χ2n) is 4.66. The maximum Gasteiger partial charge on any atom is 0.433 e. The Morgan fingerprint density at radius 1 is 1.37 bits per heavy atom. The summed E-state index contributed by atoms with van der Waals surface area (Å²) in [6.45, 7) is 3.30. The number of hydrogen-bond acceptors (Lipinski definition) is 4. The lowest BCUT2D eigenvalue weighted by atomic mass is 10.3. The predicted molar refractivity (Wildman–Crippen MR) is 67.2 cm³/mol. The number of alkyl halides is 3. The molecule has 0 amide bonds. The Labute approximate surface area is 110 Å². The third-order valence-corrected chi connectivity index (χ3v) is 3.11. The summed E-state index contributed by atoms with van der Waals surface area (Å²) in [5, 5.41) is 2.58. The molecule has 0 unspecified atom stereocenters. The van der Waals surface area contributed by atoms with E-state index in [1.807, 2.05) is 11.8 Å². The van der Waals surface area contributed by atoms with Crippen LogP contribution in [0, 0.1) is 5.92 Å². The minimum absolute atomic E-state index is 0.000859. The van der Waals surface area contributed by atoms with Crippen molar-refractivity contribution in [3.63, 3.8) is 0 Å². The molecule has 0 bridgehead atoms. The summed E-state index contributed by atoms with van der Waals surface area (Å²) in [5.41, 5.74) is -0.906. The zero-order chi connectivity index (χ0) is 14.0. The Balaban J connectivity index is 2.31. The van der Waals surface area contributed by atoms with Crippen molar-refractivity contribution >= 4 is 11.8 Å². The van der Waals surface area contributed by atoms with Crippen molar-refractivity contribution in [3.8, 4) is 0 Å². The number of rotatable bonds is 5. The highest BCUT2D eigenvalue weighted by atomic mass is 19.4. The van der Waals surface area contributed by atoms with Gasteiger partial charge in [-0.05, 0) is 25.7 Å². The molecule has 0 aliphatic heterocycles. The molecule has 0 saturated heterocycles. The van der Waals surface area contributed by atoms with Crippen molar-refractivity contribution in [1.82, 2.24) is 9.97 Å². The average molecular weight is 274 g/mol. The fourth-order valence-corrected chi connectivity index (χ4v) is 1.85. The molecule has 106 valence electrons. The lowest BCUT2D eigenvalue weighted by Gasteiger charge is -2.23. The van der Waals surface area contributed by atoms with E-state index in [1.54, 1.807) is 0 Å². The summed E-state index contributed by atoms with van der Waals surface area (Å²) in [6.07, 6.45) is -2.17. The van der Waals surface area contributed by atoms with Crippen LogP contribution in [0.1, 0.15) is 25.5 Å². The molecule has 1 aliphatic carbocycles. The van der Waals surface area contributed by atoms with Gasteiger partial charge >= 0.3 is 6.18 Å². The van der Waals surface area contributed by atoms with Gasteiger partial charge in [0.05, 0.1) is 0 Å². The predicted octanol–water partition coefficient (Wildman–Crippen LogP) is 2.77. The minimum Gasteiger partial charge on any atom is -0.357 e. The highest BCUT2D eigenvalue weighted by molar-refractivity contribution is 5.45. The first-order chi connectivity index (χ1) is 8.94. The Kier molecular flexibility index (Phi) is 3.82. The number of aromatic nitrogens is 2. The summed E-state index contributed by atoms with van der Waals surface area (Å²) in [7, 11) is 1.51. The van der Waals surface area contributed by atoms with Gasteiger partial charge in [-0.15, -0.1) is 0 Å². The molecular formula is C12H17F3N4.